The first-order valence-corrected chi connectivity index (χ1v) is 7.05. The Hall–Kier alpha value is -1.52. The molecule has 0 heterocycles. The van der Waals surface area contributed by atoms with Crippen molar-refractivity contribution in [3.05, 3.63) is 51.0 Å². The SMILES string of the molecule is COc1cc(Br)cc(C=Nc2cccc(Cl)c2C)c1O. The van der Waals surface area contributed by atoms with Gasteiger partial charge in [0.05, 0.1) is 12.8 Å². The fourth-order valence-corrected chi connectivity index (χ4v) is 2.35. The van der Waals surface area contributed by atoms with Gasteiger partial charge in [-0.3, -0.25) is 4.99 Å². The van der Waals surface area contributed by atoms with Crippen LogP contribution < -0.4 is 4.74 Å². The van der Waals surface area contributed by atoms with Crippen molar-refractivity contribution < 1.29 is 9.84 Å². The van der Waals surface area contributed by atoms with Crippen LogP contribution in [0.3, 0.4) is 0 Å². The molecule has 0 radical (unpaired) electrons. The molecular weight excluding hydrogens is 342 g/mol. The summed E-state index contributed by atoms with van der Waals surface area (Å²) >= 11 is 9.42. The number of halogens is 2. The minimum Gasteiger partial charge on any atom is -0.504 e. The van der Waals surface area contributed by atoms with Gasteiger partial charge in [0.25, 0.3) is 0 Å². The number of hydrogen-bond acceptors (Lipinski definition) is 3. The summed E-state index contributed by atoms with van der Waals surface area (Å²) in [6.45, 7) is 1.90. The van der Waals surface area contributed by atoms with Gasteiger partial charge >= 0.3 is 0 Å². The Morgan fingerprint density at radius 1 is 1.35 bits per heavy atom. The Morgan fingerprint density at radius 2 is 2.10 bits per heavy atom. The van der Waals surface area contributed by atoms with Gasteiger partial charge in [0.1, 0.15) is 0 Å². The van der Waals surface area contributed by atoms with E-state index in [1.807, 2.05) is 25.1 Å². The lowest BCUT2D eigenvalue weighted by molar-refractivity contribution is 0.373. The van der Waals surface area contributed by atoms with E-state index in [1.54, 1.807) is 18.3 Å². The lowest BCUT2D eigenvalue weighted by Crippen LogP contribution is -1.89. The summed E-state index contributed by atoms with van der Waals surface area (Å²) < 4.78 is 5.90. The summed E-state index contributed by atoms with van der Waals surface area (Å²) in [6, 6.07) is 8.97. The quantitative estimate of drug-likeness (QED) is 0.799. The number of aromatic hydroxyl groups is 1. The van der Waals surface area contributed by atoms with Gasteiger partial charge in [0.15, 0.2) is 11.5 Å². The highest BCUT2D eigenvalue weighted by Gasteiger charge is 2.08. The Balaban J connectivity index is 2.41. The smallest absolute Gasteiger partial charge is 0.166 e. The number of ether oxygens (including phenoxy) is 1. The Labute approximate surface area is 131 Å². The van der Waals surface area contributed by atoms with Gasteiger partial charge in [-0.15, -0.1) is 0 Å². The second kappa shape index (κ2) is 6.29. The molecule has 0 atom stereocenters. The van der Waals surface area contributed by atoms with E-state index in [-0.39, 0.29) is 5.75 Å². The van der Waals surface area contributed by atoms with E-state index >= 15 is 0 Å². The number of aliphatic imine (C=N–C) groups is 1. The van der Waals surface area contributed by atoms with E-state index in [0.717, 1.165) is 15.7 Å². The number of rotatable bonds is 3. The highest BCUT2D eigenvalue weighted by molar-refractivity contribution is 9.10. The lowest BCUT2D eigenvalue weighted by Gasteiger charge is -2.07. The fraction of sp³-hybridized carbons (Fsp3) is 0.133. The van der Waals surface area contributed by atoms with Crippen molar-refractivity contribution in [2.45, 2.75) is 6.92 Å². The van der Waals surface area contributed by atoms with Crippen molar-refractivity contribution in [2.75, 3.05) is 7.11 Å². The molecule has 0 aliphatic rings. The highest BCUT2D eigenvalue weighted by atomic mass is 79.9. The van der Waals surface area contributed by atoms with E-state index in [9.17, 15) is 5.11 Å². The number of benzene rings is 2. The standard InChI is InChI=1S/C15H13BrClNO2/c1-9-12(17)4-3-5-13(9)18-8-10-6-11(16)7-14(20-2)15(10)19/h3-8,19H,1-2H3. The molecule has 3 nitrogen and oxygen atoms in total. The van der Waals surface area contributed by atoms with E-state index in [1.165, 1.54) is 7.11 Å². The molecular formula is C15H13BrClNO2. The monoisotopic (exact) mass is 353 g/mol. The average molecular weight is 355 g/mol. The summed E-state index contributed by atoms with van der Waals surface area (Å²) in [4.78, 5) is 4.37. The molecule has 1 N–H and O–H groups in total. The van der Waals surface area contributed by atoms with E-state index in [2.05, 4.69) is 20.9 Å². The maximum absolute atomic E-state index is 10.1. The molecule has 2 rings (SSSR count). The molecule has 0 bridgehead atoms. The first-order valence-electron chi connectivity index (χ1n) is 5.88. The van der Waals surface area contributed by atoms with Crippen LogP contribution in [0.1, 0.15) is 11.1 Å². The van der Waals surface area contributed by atoms with Crippen LogP contribution in [0.25, 0.3) is 0 Å². The first-order chi connectivity index (χ1) is 9.52. The molecule has 2 aromatic carbocycles. The minimum atomic E-state index is 0.0548. The van der Waals surface area contributed by atoms with Crippen LogP contribution in [0.2, 0.25) is 5.02 Å². The van der Waals surface area contributed by atoms with Gasteiger partial charge in [-0.1, -0.05) is 33.6 Å². The van der Waals surface area contributed by atoms with E-state index in [0.29, 0.717) is 16.3 Å². The van der Waals surface area contributed by atoms with E-state index < -0.39 is 0 Å². The molecule has 0 aromatic heterocycles. The van der Waals surface area contributed by atoms with Crippen molar-refractivity contribution in [1.29, 1.82) is 0 Å². The van der Waals surface area contributed by atoms with Crippen LogP contribution in [-0.4, -0.2) is 18.4 Å². The molecule has 0 aliphatic heterocycles. The second-order valence-corrected chi connectivity index (χ2v) is 5.51. The number of phenols is 1. The molecule has 0 saturated heterocycles. The molecule has 0 unspecified atom stereocenters. The number of nitrogens with zero attached hydrogens (tertiary/aromatic N) is 1. The van der Waals surface area contributed by atoms with Gasteiger partial charge in [-0.25, -0.2) is 0 Å². The Morgan fingerprint density at radius 3 is 2.80 bits per heavy atom. The fourth-order valence-electron chi connectivity index (χ4n) is 1.72. The zero-order valence-corrected chi connectivity index (χ0v) is 13.4. The molecule has 0 spiro atoms. The summed E-state index contributed by atoms with van der Waals surface area (Å²) in [5, 5.41) is 10.7. The van der Waals surface area contributed by atoms with Crippen molar-refractivity contribution in [2.24, 2.45) is 4.99 Å². The second-order valence-electron chi connectivity index (χ2n) is 4.19. The number of methoxy groups -OCH3 is 1. The van der Waals surface area contributed by atoms with Gasteiger partial charge in [0.2, 0.25) is 0 Å². The molecule has 20 heavy (non-hydrogen) atoms. The zero-order valence-electron chi connectivity index (χ0n) is 11.0. The molecule has 0 aliphatic carbocycles. The molecule has 104 valence electrons. The lowest BCUT2D eigenvalue weighted by atomic mass is 10.2. The molecule has 5 heteroatoms. The minimum absolute atomic E-state index is 0.0548. The first kappa shape index (κ1) is 14.9. The molecule has 0 saturated carbocycles. The van der Waals surface area contributed by atoms with E-state index in [4.69, 9.17) is 16.3 Å². The number of phenolic OH excluding ortho intramolecular Hbond substituents is 1. The van der Waals surface area contributed by atoms with Crippen molar-refractivity contribution >= 4 is 39.4 Å². The summed E-state index contributed by atoms with van der Waals surface area (Å²) in [5.41, 5.74) is 2.22. The average Bonchev–Trinajstić information content (AvgIpc) is 2.43. The number of hydrogen-bond donors (Lipinski definition) is 1. The third-order valence-electron chi connectivity index (χ3n) is 2.87. The Bertz CT molecular complexity index is 671. The van der Waals surface area contributed by atoms with Crippen LogP contribution in [-0.2, 0) is 0 Å². The van der Waals surface area contributed by atoms with Crippen LogP contribution in [0.15, 0.2) is 39.8 Å². The normalized spacial score (nSPS) is 11.0. The molecule has 0 amide bonds. The highest BCUT2D eigenvalue weighted by Crippen LogP contribution is 2.33. The van der Waals surface area contributed by atoms with Gasteiger partial charge in [-0.05, 0) is 36.8 Å². The largest absolute Gasteiger partial charge is 0.504 e. The zero-order chi connectivity index (χ0) is 14.7. The predicted octanol–water partition coefficient (Wildman–Crippen LogP) is 4.88. The topological polar surface area (TPSA) is 41.8 Å². The summed E-state index contributed by atoms with van der Waals surface area (Å²) in [7, 11) is 1.50. The van der Waals surface area contributed by atoms with Crippen molar-refractivity contribution in [1.82, 2.24) is 0 Å². The van der Waals surface area contributed by atoms with Crippen molar-refractivity contribution in [3.63, 3.8) is 0 Å². The van der Waals surface area contributed by atoms with Crippen LogP contribution in [0.5, 0.6) is 11.5 Å². The Kier molecular flexibility index (Phi) is 4.68. The maximum Gasteiger partial charge on any atom is 0.166 e. The van der Waals surface area contributed by atoms with Crippen molar-refractivity contribution in [3.8, 4) is 11.5 Å². The van der Waals surface area contributed by atoms with Gasteiger partial charge in [-0.2, -0.15) is 0 Å². The van der Waals surface area contributed by atoms with Crippen LogP contribution >= 0.6 is 27.5 Å². The third kappa shape index (κ3) is 3.14. The van der Waals surface area contributed by atoms with Crippen LogP contribution in [0.4, 0.5) is 5.69 Å². The van der Waals surface area contributed by atoms with Gasteiger partial charge < -0.3 is 9.84 Å². The predicted molar refractivity (Wildman–Crippen MR) is 85.8 cm³/mol. The summed E-state index contributed by atoms with van der Waals surface area (Å²) in [6.07, 6.45) is 1.58. The maximum atomic E-state index is 10.1. The third-order valence-corrected chi connectivity index (χ3v) is 3.74. The summed E-state index contributed by atoms with van der Waals surface area (Å²) in [5.74, 6) is 0.447. The van der Waals surface area contributed by atoms with Crippen LogP contribution in [0, 0.1) is 6.92 Å². The van der Waals surface area contributed by atoms with Gasteiger partial charge in [0, 0.05) is 21.3 Å². The molecule has 0 fully saturated rings. The molecule has 2 aromatic rings.